The van der Waals surface area contributed by atoms with Gasteiger partial charge in [0.1, 0.15) is 0 Å². The molecule has 0 aliphatic rings. The summed E-state index contributed by atoms with van der Waals surface area (Å²) in [5, 5.41) is 0. The number of pyridine rings is 1. The van der Waals surface area contributed by atoms with Crippen molar-refractivity contribution in [1.82, 2.24) is 4.98 Å². The van der Waals surface area contributed by atoms with Gasteiger partial charge in [-0.05, 0) is 36.8 Å². The first-order chi connectivity index (χ1) is 6.63. The number of hydrogen-bond donors (Lipinski definition) is 0. The van der Waals surface area contributed by atoms with Crippen LogP contribution in [0.15, 0.2) is 18.3 Å². The molecule has 0 saturated heterocycles. The first-order valence-electron chi connectivity index (χ1n) is 5.55. The van der Waals surface area contributed by atoms with Crippen LogP contribution in [0.4, 0.5) is 0 Å². The number of aromatic nitrogens is 1. The maximum atomic E-state index is 4.32. The van der Waals surface area contributed by atoms with E-state index in [2.05, 4.69) is 37.9 Å². The van der Waals surface area contributed by atoms with Crippen molar-refractivity contribution in [2.24, 2.45) is 11.8 Å². The van der Waals surface area contributed by atoms with Gasteiger partial charge in [0.25, 0.3) is 0 Å². The average Bonchev–Trinajstić information content (AvgIpc) is 2.20. The van der Waals surface area contributed by atoms with E-state index in [1.54, 1.807) is 0 Å². The molecule has 14 heavy (non-hydrogen) atoms. The van der Waals surface area contributed by atoms with Gasteiger partial charge < -0.3 is 0 Å². The van der Waals surface area contributed by atoms with Crippen molar-refractivity contribution >= 4 is 0 Å². The molecule has 0 fully saturated rings. The summed E-state index contributed by atoms with van der Waals surface area (Å²) >= 11 is 0. The van der Waals surface area contributed by atoms with Crippen LogP contribution in [0.5, 0.6) is 0 Å². The van der Waals surface area contributed by atoms with Crippen molar-refractivity contribution in [3.05, 3.63) is 29.6 Å². The molecule has 2 atom stereocenters. The zero-order valence-corrected chi connectivity index (χ0v) is 9.75. The molecule has 0 saturated carbocycles. The number of nitrogens with zero attached hydrogens (tertiary/aromatic N) is 1. The van der Waals surface area contributed by atoms with E-state index < -0.39 is 0 Å². The SMILES string of the molecule is CCC(C)C(C)Cc1ccc(C)nc1. The maximum Gasteiger partial charge on any atom is 0.0372 e. The molecule has 1 nitrogen and oxygen atoms in total. The van der Waals surface area contributed by atoms with E-state index in [0.717, 1.165) is 24.0 Å². The van der Waals surface area contributed by atoms with E-state index in [9.17, 15) is 0 Å². The third-order valence-corrected chi connectivity index (χ3v) is 3.15. The van der Waals surface area contributed by atoms with Gasteiger partial charge in [-0.1, -0.05) is 33.3 Å². The summed E-state index contributed by atoms with van der Waals surface area (Å²) in [5.41, 5.74) is 2.47. The van der Waals surface area contributed by atoms with Gasteiger partial charge in [-0.3, -0.25) is 4.98 Å². The lowest BCUT2D eigenvalue weighted by Gasteiger charge is -2.17. The van der Waals surface area contributed by atoms with E-state index in [-0.39, 0.29) is 0 Å². The molecule has 2 unspecified atom stereocenters. The molecule has 0 radical (unpaired) electrons. The Labute approximate surface area is 87.6 Å². The van der Waals surface area contributed by atoms with Crippen LogP contribution in [0.3, 0.4) is 0 Å². The molecule has 0 bridgehead atoms. The number of rotatable bonds is 4. The molecule has 0 amide bonds. The predicted octanol–water partition coefficient (Wildman–Crippen LogP) is 3.61. The third kappa shape index (κ3) is 3.13. The standard InChI is InChI=1S/C13H21N/c1-5-10(2)11(3)8-13-7-6-12(4)14-9-13/h6-7,9-11H,5,8H2,1-4H3. The number of aryl methyl sites for hydroxylation is 1. The van der Waals surface area contributed by atoms with Gasteiger partial charge in [-0.2, -0.15) is 0 Å². The molecule has 1 aromatic rings. The second-order valence-electron chi connectivity index (χ2n) is 4.37. The van der Waals surface area contributed by atoms with Crippen molar-refractivity contribution in [3.63, 3.8) is 0 Å². The smallest absolute Gasteiger partial charge is 0.0372 e. The lowest BCUT2D eigenvalue weighted by Crippen LogP contribution is -2.10. The number of hydrogen-bond acceptors (Lipinski definition) is 1. The van der Waals surface area contributed by atoms with Crippen LogP contribution in [-0.2, 0) is 6.42 Å². The van der Waals surface area contributed by atoms with Crippen molar-refractivity contribution in [2.45, 2.75) is 40.5 Å². The van der Waals surface area contributed by atoms with Crippen molar-refractivity contribution < 1.29 is 0 Å². The van der Waals surface area contributed by atoms with Gasteiger partial charge >= 0.3 is 0 Å². The third-order valence-electron chi connectivity index (χ3n) is 3.15. The first kappa shape index (κ1) is 11.2. The van der Waals surface area contributed by atoms with Crippen molar-refractivity contribution in [3.8, 4) is 0 Å². The molecule has 1 aromatic heterocycles. The fraction of sp³-hybridized carbons (Fsp3) is 0.615. The van der Waals surface area contributed by atoms with Crippen LogP contribution in [0, 0.1) is 18.8 Å². The van der Waals surface area contributed by atoms with Crippen LogP contribution < -0.4 is 0 Å². The summed E-state index contributed by atoms with van der Waals surface area (Å²) in [6, 6.07) is 4.29. The minimum absolute atomic E-state index is 0.754. The minimum atomic E-state index is 0.754. The highest BCUT2D eigenvalue weighted by molar-refractivity contribution is 5.13. The summed E-state index contributed by atoms with van der Waals surface area (Å²) in [4.78, 5) is 4.32. The zero-order chi connectivity index (χ0) is 10.6. The maximum absolute atomic E-state index is 4.32. The lowest BCUT2D eigenvalue weighted by atomic mass is 9.88. The minimum Gasteiger partial charge on any atom is -0.261 e. The summed E-state index contributed by atoms with van der Waals surface area (Å²) in [7, 11) is 0. The van der Waals surface area contributed by atoms with Gasteiger partial charge in [0, 0.05) is 11.9 Å². The van der Waals surface area contributed by atoms with Crippen molar-refractivity contribution in [2.75, 3.05) is 0 Å². The monoisotopic (exact) mass is 191 g/mol. The van der Waals surface area contributed by atoms with Crippen molar-refractivity contribution in [1.29, 1.82) is 0 Å². The molecule has 1 rings (SSSR count). The molecule has 0 aliphatic carbocycles. The molecule has 0 N–H and O–H groups in total. The summed E-state index contributed by atoms with van der Waals surface area (Å²) in [5.74, 6) is 1.56. The summed E-state index contributed by atoms with van der Waals surface area (Å²) in [6.07, 6.45) is 4.43. The molecule has 1 heteroatoms. The van der Waals surface area contributed by atoms with Gasteiger partial charge in [0.15, 0.2) is 0 Å². The Balaban J connectivity index is 2.56. The Morgan fingerprint density at radius 3 is 2.43 bits per heavy atom. The van der Waals surface area contributed by atoms with Gasteiger partial charge in [-0.15, -0.1) is 0 Å². The van der Waals surface area contributed by atoms with E-state index in [1.807, 2.05) is 13.1 Å². The summed E-state index contributed by atoms with van der Waals surface area (Å²) < 4.78 is 0. The van der Waals surface area contributed by atoms with Crippen LogP contribution in [0.2, 0.25) is 0 Å². The Morgan fingerprint density at radius 2 is 1.93 bits per heavy atom. The molecule has 0 aromatic carbocycles. The quantitative estimate of drug-likeness (QED) is 0.708. The predicted molar refractivity (Wildman–Crippen MR) is 61.3 cm³/mol. The second kappa shape index (κ2) is 5.14. The molecule has 1 heterocycles. The Bertz CT molecular complexity index is 263. The van der Waals surface area contributed by atoms with Crippen LogP contribution >= 0.6 is 0 Å². The Morgan fingerprint density at radius 1 is 1.21 bits per heavy atom. The largest absolute Gasteiger partial charge is 0.261 e. The molecular formula is C13H21N. The normalized spacial score (nSPS) is 15.1. The molecule has 0 spiro atoms. The lowest BCUT2D eigenvalue weighted by molar-refractivity contribution is 0.375. The average molecular weight is 191 g/mol. The fourth-order valence-corrected chi connectivity index (χ4v) is 1.59. The highest BCUT2D eigenvalue weighted by Crippen LogP contribution is 2.19. The van der Waals surface area contributed by atoms with Crippen LogP contribution in [-0.4, -0.2) is 4.98 Å². The van der Waals surface area contributed by atoms with E-state index in [0.29, 0.717) is 0 Å². The first-order valence-corrected chi connectivity index (χ1v) is 5.55. The second-order valence-corrected chi connectivity index (χ2v) is 4.37. The van der Waals surface area contributed by atoms with E-state index in [4.69, 9.17) is 0 Å². The highest BCUT2D eigenvalue weighted by atomic mass is 14.7. The highest BCUT2D eigenvalue weighted by Gasteiger charge is 2.10. The van der Waals surface area contributed by atoms with Crippen LogP contribution in [0.25, 0.3) is 0 Å². The van der Waals surface area contributed by atoms with Gasteiger partial charge in [0.05, 0.1) is 0 Å². The molecule has 0 aliphatic heterocycles. The Hall–Kier alpha value is -0.850. The van der Waals surface area contributed by atoms with E-state index >= 15 is 0 Å². The Kier molecular flexibility index (Phi) is 4.12. The van der Waals surface area contributed by atoms with Gasteiger partial charge in [-0.25, -0.2) is 0 Å². The zero-order valence-electron chi connectivity index (χ0n) is 9.75. The van der Waals surface area contributed by atoms with Gasteiger partial charge in [0.2, 0.25) is 0 Å². The molecular weight excluding hydrogens is 170 g/mol. The summed E-state index contributed by atoms with van der Waals surface area (Å²) in [6.45, 7) is 8.94. The molecule has 78 valence electrons. The van der Waals surface area contributed by atoms with E-state index in [1.165, 1.54) is 12.0 Å². The van der Waals surface area contributed by atoms with Crippen LogP contribution in [0.1, 0.15) is 38.4 Å². The topological polar surface area (TPSA) is 12.9 Å². The fourth-order valence-electron chi connectivity index (χ4n) is 1.59.